The van der Waals surface area contributed by atoms with E-state index in [0.29, 0.717) is 35.0 Å². The Morgan fingerprint density at radius 1 is 0.833 bits per heavy atom. The molecule has 7 nitrogen and oxygen atoms in total. The van der Waals surface area contributed by atoms with E-state index in [9.17, 15) is 19.1 Å². The van der Waals surface area contributed by atoms with Gasteiger partial charge in [-0.05, 0) is 50.2 Å². The molecule has 0 aliphatic heterocycles. The number of ether oxygens (including phenoxy) is 2. The Balaban J connectivity index is 0.000000171. The fraction of sp³-hybridized carbons (Fsp3) is 0.182. The van der Waals surface area contributed by atoms with Crippen molar-refractivity contribution in [2.24, 2.45) is 0 Å². The number of hydrogen-bond acceptors (Lipinski definition) is 5. The molecule has 0 aliphatic rings. The van der Waals surface area contributed by atoms with Crippen molar-refractivity contribution in [2.75, 3.05) is 13.2 Å². The Morgan fingerprint density at radius 3 is 1.90 bits per heavy atom. The molecule has 4 rings (SSSR count). The summed E-state index contributed by atoms with van der Waals surface area (Å²) in [6.07, 6.45) is 2.17. The van der Waals surface area contributed by atoms with E-state index < -0.39 is 12.2 Å². The van der Waals surface area contributed by atoms with Crippen LogP contribution in [-0.2, 0) is 9.47 Å². The molecule has 0 spiro atoms. The first-order valence-corrected chi connectivity index (χ1v) is 9.36. The number of benzene rings is 2. The maximum atomic E-state index is 13.3. The van der Waals surface area contributed by atoms with Gasteiger partial charge in [0.05, 0.1) is 24.2 Å². The molecule has 30 heavy (non-hydrogen) atoms. The average molecular weight is 411 g/mol. The molecular formula is C22H21FN2O5. The molecule has 0 saturated carbocycles. The van der Waals surface area contributed by atoms with Crippen LogP contribution >= 0.6 is 0 Å². The van der Waals surface area contributed by atoms with E-state index in [4.69, 9.17) is 9.47 Å². The summed E-state index contributed by atoms with van der Waals surface area (Å²) < 4.78 is 25.7. The quantitative estimate of drug-likeness (QED) is 0.494. The van der Waals surface area contributed by atoms with Gasteiger partial charge in [-0.3, -0.25) is 9.13 Å². The second kappa shape index (κ2) is 9.13. The molecule has 0 bridgehead atoms. The number of aromatic nitrogens is 2. The van der Waals surface area contributed by atoms with Crippen molar-refractivity contribution in [2.45, 2.75) is 13.8 Å². The zero-order valence-electron chi connectivity index (χ0n) is 16.5. The molecule has 4 aromatic rings. The Bertz CT molecular complexity index is 1100. The third kappa shape index (κ3) is 4.12. The lowest BCUT2D eigenvalue weighted by Crippen LogP contribution is -2.11. The first kappa shape index (κ1) is 20.9. The van der Waals surface area contributed by atoms with Gasteiger partial charge in [0.15, 0.2) is 0 Å². The molecule has 8 heteroatoms. The van der Waals surface area contributed by atoms with E-state index in [0.717, 1.165) is 0 Å². The predicted molar refractivity (Wildman–Crippen MR) is 110 cm³/mol. The van der Waals surface area contributed by atoms with Gasteiger partial charge >= 0.3 is 12.2 Å². The zero-order chi connectivity index (χ0) is 21.7. The molecule has 0 unspecified atom stereocenters. The maximum absolute atomic E-state index is 13.3. The number of phenols is 1. The fourth-order valence-corrected chi connectivity index (χ4v) is 2.99. The van der Waals surface area contributed by atoms with Crippen LogP contribution in [0.15, 0.2) is 60.9 Å². The van der Waals surface area contributed by atoms with Gasteiger partial charge in [-0.2, -0.15) is 0 Å². The highest BCUT2D eigenvalue weighted by atomic mass is 18.2. The van der Waals surface area contributed by atoms with Crippen LogP contribution in [0.4, 0.5) is 14.0 Å². The van der Waals surface area contributed by atoms with Gasteiger partial charge in [-0.15, -0.1) is 0 Å². The molecule has 0 aliphatic carbocycles. The van der Waals surface area contributed by atoms with Gasteiger partial charge in [-0.25, -0.2) is 14.0 Å². The Labute approximate surface area is 171 Å². The number of aromatic hydroxyl groups is 1. The highest BCUT2D eigenvalue weighted by molar-refractivity contribution is 5.93. The van der Waals surface area contributed by atoms with Crippen molar-refractivity contribution in [1.82, 2.24) is 9.13 Å². The minimum Gasteiger partial charge on any atom is -0.507 e. The van der Waals surface area contributed by atoms with Gasteiger partial charge in [0.2, 0.25) is 0 Å². The molecule has 2 heterocycles. The van der Waals surface area contributed by atoms with E-state index in [2.05, 4.69) is 0 Å². The monoisotopic (exact) mass is 411 g/mol. The van der Waals surface area contributed by atoms with Crippen molar-refractivity contribution < 1.29 is 28.6 Å². The largest absolute Gasteiger partial charge is 0.507 e. The molecule has 0 fully saturated rings. The molecule has 2 aromatic heterocycles. The molecule has 1 N–H and O–H groups in total. The number of phenolic OH excluding ortho intramolecular Hbond substituents is 1. The number of halogens is 1. The minimum absolute atomic E-state index is 0.163. The zero-order valence-corrected chi connectivity index (χ0v) is 16.5. The lowest BCUT2D eigenvalue weighted by Gasteiger charge is -2.03. The fourth-order valence-electron chi connectivity index (χ4n) is 2.99. The van der Waals surface area contributed by atoms with E-state index in [1.54, 1.807) is 62.5 Å². The van der Waals surface area contributed by atoms with Crippen molar-refractivity contribution in [3.8, 4) is 5.75 Å². The third-order valence-corrected chi connectivity index (χ3v) is 4.32. The smallest absolute Gasteiger partial charge is 0.418 e. The highest BCUT2D eigenvalue weighted by Crippen LogP contribution is 2.25. The van der Waals surface area contributed by atoms with Crippen molar-refractivity contribution >= 4 is 34.0 Å². The SMILES string of the molecule is CCOC(=O)n1ccc2c(O)cccc21.CCOC(=O)n1ccc2c([18F])cccc21. The summed E-state index contributed by atoms with van der Waals surface area (Å²) in [5, 5.41) is 10.6. The second-order valence-electron chi connectivity index (χ2n) is 6.15. The number of nitrogens with zero attached hydrogens (tertiary/aromatic N) is 2. The van der Waals surface area contributed by atoms with Gasteiger partial charge in [0.1, 0.15) is 11.6 Å². The van der Waals surface area contributed by atoms with Crippen molar-refractivity contribution in [3.05, 3.63) is 66.7 Å². The minimum atomic E-state index is -0.488. The average Bonchev–Trinajstić information content (AvgIpc) is 3.35. The van der Waals surface area contributed by atoms with Crippen LogP contribution in [0, 0.1) is 5.82 Å². The summed E-state index contributed by atoms with van der Waals surface area (Å²) in [6, 6.07) is 12.9. The molecule has 156 valence electrons. The van der Waals surface area contributed by atoms with Crippen molar-refractivity contribution in [3.63, 3.8) is 0 Å². The molecule has 0 amide bonds. The summed E-state index contributed by atoms with van der Waals surface area (Å²) in [6.45, 7) is 4.11. The van der Waals surface area contributed by atoms with Crippen LogP contribution in [0.25, 0.3) is 21.8 Å². The van der Waals surface area contributed by atoms with Crippen LogP contribution in [0.1, 0.15) is 13.8 Å². The second-order valence-corrected chi connectivity index (χ2v) is 6.15. The molecule has 0 radical (unpaired) electrons. The first-order chi connectivity index (χ1) is 14.5. The third-order valence-electron chi connectivity index (χ3n) is 4.32. The molecular weight excluding hydrogens is 390 g/mol. The lowest BCUT2D eigenvalue weighted by molar-refractivity contribution is 0.154. The molecule has 2 aromatic carbocycles. The first-order valence-electron chi connectivity index (χ1n) is 9.36. The van der Waals surface area contributed by atoms with Crippen LogP contribution in [0.2, 0.25) is 0 Å². The van der Waals surface area contributed by atoms with E-state index in [1.165, 1.54) is 21.4 Å². The summed E-state index contributed by atoms with van der Waals surface area (Å²) in [5.74, 6) is -0.175. The van der Waals surface area contributed by atoms with Gasteiger partial charge in [0, 0.05) is 23.2 Å². The lowest BCUT2D eigenvalue weighted by atomic mass is 10.2. The normalized spacial score (nSPS) is 10.5. The van der Waals surface area contributed by atoms with Crippen LogP contribution in [0.3, 0.4) is 0 Å². The maximum Gasteiger partial charge on any atom is 0.418 e. The Kier molecular flexibility index (Phi) is 6.36. The van der Waals surface area contributed by atoms with Gasteiger partial charge in [-0.1, -0.05) is 12.1 Å². The highest BCUT2D eigenvalue weighted by Gasteiger charge is 2.11. The number of carbonyl (C=O) groups is 2. The van der Waals surface area contributed by atoms with Crippen LogP contribution < -0.4 is 0 Å². The summed E-state index contributed by atoms with van der Waals surface area (Å²) in [5.41, 5.74) is 1.17. The van der Waals surface area contributed by atoms with Crippen molar-refractivity contribution in [1.29, 1.82) is 0 Å². The van der Waals surface area contributed by atoms with E-state index in [-0.39, 0.29) is 11.6 Å². The molecule has 0 saturated heterocycles. The summed E-state index contributed by atoms with van der Waals surface area (Å²) in [4.78, 5) is 22.9. The van der Waals surface area contributed by atoms with Crippen LogP contribution in [-0.4, -0.2) is 39.6 Å². The van der Waals surface area contributed by atoms with E-state index >= 15 is 0 Å². The number of fused-ring (bicyclic) bond motifs is 2. The van der Waals surface area contributed by atoms with Gasteiger partial charge in [0.25, 0.3) is 0 Å². The Hall–Kier alpha value is -3.81. The summed E-state index contributed by atoms with van der Waals surface area (Å²) >= 11 is 0. The summed E-state index contributed by atoms with van der Waals surface area (Å²) in [7, 11) is 0. The topological polar surface area (TPSA) is 82.7 Å². The molecule has 0 atom stereocenters. The number of hydrogen-bond donors (Lipinski definition) is 1. The van der Waals surface area contributed by atoms with E-state index in [1.807, 2.05) is 0 Å². The number of carbonyl (C=O) groups excluding carboxylic acids is 2. The Morgan fingerprint density at radius 2 is 1.33 bits per heavy atom. The van der Waals surface area contributed by atoms with Gasteiger partial charge < -0.3 is 14.6 Å². The van der Waals surface area contributed by atoms with Crippen LogP contribution in [0.5, 0.6) is 5.75 Å². The standard InChI is InChI=1S/C11H10FNO2.C11H11NO3/c1-2-15-11(14)13-7-6-8-9(12)4-3-5-10(8)13;1-2-15-11(14)12-7-6-8-9(12)4-3-5-10(8)13/h3-7H,2H2,1H3;3-7,13H,2H2,1H3/i12-1;. The number of rotatable bonds is 2. The predicted octanol–water partition coefficient (Wildman–Crippen LogP) is 5.14.